The van der Waals surface area contributed by atoms with Gasteiger partial charge in [0, 0.05) is 11.4 Å². The number of benzene rings is 1. The average molecular weight is 285 g/mol. The normalized spacial score (nSPS) is 18.6. The lowest BCUT2D eigenvalue weighted by Gasteiger charge is -2.22. The molecule has 18 heavy (non-hydrogen) atoms. The smallest absolute Gasteiger partial charge is 0.181 e. The van der Waals surface area contributed by atoms with Crippen molar-refractivity contribution < 1.29 is 4.79 Å². The van der Waals surface area contributed by atoms with Gasteiger partial charge in [-0.3, -0.25) is 4.79 Å². The maximum Gasteiger partial charge on any atom is 0.181 e. The molecule has 1 aliphatic rings. The predicted octanol–water partition coefficient (Wildman–Crippen LogP) is 4.76. The van der Waals surface area contributed by atoms with E-state index in [-0.39, 0.29) is 11.7 Å². The maximum absolute atomic E-state index is 11.8. The highest BCUT2D eigenvalue weighted by Gasteiger charge is 2.18. The van der Waals surface area contributed by atoms with E-state index in [0.717, 1.165) is 0 Å². The van der Waals surface area contributed by atoms with E-state index in [2.05, 4.69) is 12.1 Å². The molecule has 0 aliphatic heterocycles. The van der Waals surface area contributed by atoms with Crippen LogP contribution in [0.15, 0.2) is 24.3 Å². The first-order valence-corrected chi connectivity index (χ1v) is 7.53. The van der Waals surface area contributed by atoms with Crippen molar-refractivity contribution in [3.05, 3.63) is 35.4 Å². The summed E-state index contributed by atoms with van der Waals surface area (Å²) in [6.07, 6.45) is 6.54. The van der Waals surface area contributed by atoms with E-state index in [1.54, 1.807) is 0 Å². The van der Waals surface area contributed by atoms with Crippen molar-refractivity contribution in [1.29, 1.82) is 0 Å². The summed E-state index contributed by atoms with van der Waals surface area (Å²) in [6.45, 7) is 0. The van der Waals surface area contributed by atoms with Crippen molar-refractivity contribution >= 4 is 29.0 Å². The molecule has 0 N–H and O–H groups in total. The Morgan fingerprint density at radius 2 is 1.78 bits per heavy atom. The summed E-state index contributed by atoms with van der Waals surface area (Å²) in [5.41, 5.74) is 2.01. The zero-order valence-electron chi connectivity index (χ0n) is 10.4. The van der Waals surface area contributed by atoms with E-state index in [0.29, 0.717) is 11.5 Å². The monoisotopic (exact) mass is 284 g/mol. The molecular weight excluding hydrogens is 267 g/mol. The number of halogens is 2. The van der Waals surface area contributed by atoms with Crippen LogP contribution in [-0.2, 0) is 0 Å². The van der Waals surface area contributed by atoms with Crippen molar-refractivity contribution in [2.75, 3.05) is 5.88 Å². The predicted molar refractivity (Wildman–Crippen MR) is 77.0 cm³/mol. The van der Waals surface area contributed by atoms with Gasteiger partial charge in [0.2, 0.25) is 0 Å². The fraction of sp³-hybridized carbons (Fsp3) is 0.533. The molecule has 1 saturated carbocycles. The number of ketones is 1. The molecule has 1 nitrogen and oxygen atoms in total. The van der Waals surface area contributed by atoms with Gasteiger partial charge in [-0.15, -0.1) is 23.2 Å². The fourth-order valence-electron chi connectivity index (χ4n) is 2.61. The lowest BCUT2D eigenvalue weighted by atomic mass is 9.84. The van der Waals surface area contributed by atoms with E-state index in [1.165, 1.54) is 37.7 Å². The summed E-state index contributed by atoms with van der Waals surface area (Å²) in [5.74, 6) is 0.745. The van der Waals surface area contributed by atoms with Crippen LogP contribution in [0.25, 0.3) is 0 Å². The van der Waals surface area contributed by atoms with Crippen molar-refractivity contribution in [3.63, 3.8) is 0 Å². The Morgan fingerprint density at radius 3 is 2.33 bits per heavy atom. The lowest BCUT2D eigenvalue weighted by molar-refractivity contribution is 0.0992. The van der Waals surface area contributed by atoms with Gasteiger partial charge in [-0.1, -0.05) is 43.5 Å². The molecule has 1 aromatic carbocycles. The third kappa shape index (κ3) is 3.27. The molecule has 0 radical (unpaired) electrons. The number of carbonyl (C=O) groups excluding carboxylic acids is 1. The fourth-order valence-corrected chi connectivity index (χ4v) is 2.87. The molecule has 3 heteroatoms. The first-order valence-electron chi connectivity index (χ1n) is 6.56. The number of hydrogen-bond donors (Lipinski definition) is 0. The highest BCUT2D eigenvalue weighted by atomic mass is 35.5. The van der Waals surface area contributed by atoms with Crippen LogP contribution in [0, 0.1) is 0 Å². The van der Waals surface area contributed by atoms with Crippen LogP contribution in [0.2, 0.25) is 0 Å². The quantitative estimate of drug-likeness (QED) is 0.575. The minimum absolute atomic E-state index is 0.0816. The van der Waals surface area contributed by atoms with Crippen molar-refractivity contribution in [3.8, 4) is 0 Å². The topological polar surface area (TPSA) is 17.1 Å². The second-order valence-electron chi connectivity index (χ2n) is 4.94. The Morgan fingerprint density at radius 1 is 1.17 bits per heavy atom. The van der Waals surface area contributed by atoms with E-state index in [4.69, 9.17) is 23.2 Å². The Kier molecular flexibility index (Phi) is 5.08. The summed E-state index contributed by atoms with van der Waals surface area (Å²) in [5, 5.41) is -0.618. The average Bonchev–Trinajstić information content (AvgIpc) is 2.47. The SMILES string of the molecule is O=C(c1ccc(C2CCCCC2)cc1)C(Cl)CCl. The van der Waals surface area contributed by atoms with Crippen LogP contribution >= 0.6 is 23.2 Å². The number of carbonyl (C=O) groups is 1. The van der Waals surface area contributed by atoms with Crippen LogP contribution in [0.1, 0.15) is 53.9 Å². The molecule has 1 aliphatic carbocycles. The first-order chi connectivity index (χ1) is 8.72. The summed E-state index contributed by atoms with van der Waals surface area (Å²) >= 11 is 11.5. The van der Waals surface area contributed by atoms with Gasteiger partial charge in [0.05, 0.1) is 0 Å². The summed E-state index contributed by atoms with van der Waals surface area (Å²) in [7, 11) is 0. The number of hydrogen-bond acceptors (Lipinski definition) is 1. The molecule has 1 atom stereocenters. The molecule has 1 unspecified atom stereocenters. The molecule has 1 fully saturated rings. The molecule has 1 aromatic rings. The van der Waals surface area contributed by atoms with Gasteiger partial charge in [-0.25, -0.2) is 0 Å². The molecule has 98 valence electrons. The highest BCUT2D eigenvalue weighted by molar-refractivity contribution is 6.38. The van der Waals surface area contributed by atoms with Gasteiger partial charge in [-0.2, -0.15) is 0 Å². The zero-order chi connectivity index (χ0) is 13.0. The highest BCUT2D eigenvalue weighted by Crippen LogP contribution is 2.32. The van der Waals surface area contributed by atoms with Crippen molar-refractivity contribution in [2.24, 2.45) is 0 Å². The summed E-state index contributed by atoms with van der Waals surface area (Å²) in [6, 6.07) is 7.91. The maximum atomic E-state index is 11.8. The zero-order valence-corrected chi connectivity index (χ0v) is 11.9. The van der Waals surface area contributed by atoms with Gasteiger partial charge in [0.15, 0.2) is 5.78 Å². The van der Waals surface area contributed by atoms with Gasteiger partial charge in [0.1, 0.15) is 5.38 Å². The summed E-state index contributed by atoms with van der Waals surface area (Å²) in [4.78, 5) is 11.8. The number of alkyl halides is 2. The van der Waals surface area contributed by atoms with Crippen LogP contribution in [0.5, 0.6) is 0 Å². The van der Waals surface area contributed by atoms with Crippen LogP contribution in [0.3, 0.4) is 0 Å². The van der Waals surface area contributed by atoms with E-state index in [9.17, 15) is 4.79 Å². The van der Waals surface area contributed by atoms with Gasteiger partial charge in [-0.05, 0) is 24.3 Å². The van der Waals surface area contributed by atoms with Crippen molar-refractivity contribution in [1.82, 2.24) is 0 Å². The second kappa shape index (κ2) is 6.58. The van der Waals surface area contributed by atoms with Crippen LogP contribution in [0.4, 0.5) is 0 Å². The first kappa shape index (κ1) is 13.9. The Balaban J connectivity index is 2.07. The Bertz CT molecular complexity index is 393. The molecule has 2 rings (SSSR count). The molecule has 0 spiro atoms. The van der Waals surface area contributed by atoms with Gasteiger partial charge >= 0.3 is 0 Å². The third-order valence-corrected chi connectivity index (χ3v) is 4.51. The molecular formula is C15H18Cl2O. The van der Waals surface area contributed by atoms with E-state index >= 15 is 0 Å². The largest absolute Gasteiger partial charge is 0.292 e. The number of Topliss-reactive ketones (excluding diaryl/α,β-unsaturated/α-hetero) is 1. The van der Waals surface area contributed by atoms with E-state index < -0.39 is 5.38 Å². The Labute approximate surface area is 118 Å². The molecule has 0 heterocycles. The molecule has 0 aromatic heterocycles. The summed E-state index contributed by atoms with van der Waals surface area (Å²) < 4.78 is 0. The standard InChI is InChI=1S/C15H18Cl2O/c16-10-14(17)15(18)13-8-6-12(7-9-13)11-4-2-1-3-5-11/h6-9,11,14H,1-5,10H2. The van der Waals surface area contributed by atoms with Crippen LogP contribution in [-0.4, -0.2) is 17.0 Å². The second-order valence-corrected chi connectivity index (χ2v) is 5.78. The Hall–Kier alpha value is -0.530. The molecule has 0 saturated heterocycles. The lowest BCUT2D eigenvalue weighted by Crippen LogP contribution is -2.16. The van der Waals surface area contributed by atoms with Crippen molar-refractivity contribution in [2.45, 2.75) is 43.4 Å². The minimum atomic E-state index is -0.618. The number of rotatable bonds is 4. The third-order valence-electron chi connectivity index (χ3n) is 3.69. The molecule has 0 amide bonds. The minimum Gasteiger partial charge on any atom is -0.292 e. The van der Waals surface area contributed by atoms with Gasteiger partial charge < -0.3 is 0 Å². The molecule has 0 bridgehead atoms. The van der Waals surface area contributed by atoms with Crippen LogP contribution < -0.4 is 0 Å². The van der Waals surface area contributed by atoms with E-state index in [1.807, 2.05) is 12.1 Å². The van der Waals surface area contributed by atoms with Gasteiger partial charge in [0.25, 0.3) is 0 Å².